The van der Waals surface area contributed by atoms with Crippen molar-refractivity contribution in [2.24, 2.45) is 0 Å². The zero-order valence-corrected chi connectivity index (χ0v) is 13.5. The number of nitrogens with one attached hydrogen (secondary N) is 1. The Morgan fingerprint density at radius 2 is 1.78 bits per heavy atom. The van der Waals surface area contributed by atoms with E-state index in [-0.39, 0.29) is 5.82 Å². The van der Waals surface area contributed by atoms with Crippen LogP contribution in [0.15, 0.2) is 24.4 Å². The largest absolute Gasteiger partial charge is 0.354 e. The summed E-state index contributed by atoms with van der Waals surface area (Å²) in [7, 11) is 0. The molecule has 0 bridgehead atoms. The molecule has 0 aromatic carbocycles. The lowest BCUT2D eigenvalue weighted by molar-refractivity contribution is 0.614. The first-order chi connectivity index (χ1) is 11.2. The number of aromatic nitrogens is 3. The fourth-order valence-electron chi connectivity index (χ4n) is 2.67. The summed E-state index contributed by atoms with van der Waals surface area (Å²) in [4.78, 5) is 17.5. The van der Waals surface area contributed by atoms with Crippen LogP contribution in [0.2, 0.25) is 0 Å². The molecule has 0 amide bonds. The molecule has 1 N–H and O–H groups in total. The van der Waals surface area contributed by atoms with Gasteiger partial charge in [-0.05, 0) is 26.0 Å². The van der Waals surface area contributed by atoms with E-state index in [1.54, 1.807) is 6.07 Å². The second-order valence-electron chi connectivity index (χ2n) is 5.53. The number of piperazine rings is 1. The monoisotopic (exact) mass is 316 g/mol. The quantitative estimate of drug-likeness (QED) is 0.932. The molecule has 3 heterocycles. The lowest BCUT2D eigenvalue weighted by Crippen LogP contribution is -2.47. The van der Waals surface area contributed by atoms with E-state index in [0.717, 1.165) is 50.1 Å². The molecule has 122 valence electrons. The lowest BCUT2D eigenvalue weighted by atomic mass is 10.3. The van der Waals surface area contributed by atoms with Crippen molar-refractivity contribution >= 4 is 17.6 Å². The van der Waals surface area contributed by atoms with Crippen molar-refractivity contribution in [1.82, 2.24) is 15.0 Å². The highest BCUT2D eigenvalue weighted by atomic mass is 19.1. The van der Waals surface area contributed by atoms with E-state index in [9.17, 15) is 4.39 Å². The van der Waals surface area contributed by atoms with E-state index in [1.807, 2.05) is 19.9 Å². The van der Waals surface area contributed by atoms with Gasteiger partial charge in [0.2, 0.25) is 5.95 Å². The molecule has 1 fully saturated rings. The SMILES string of the molecule is CCNc1nc(C)cc(N2CCN(c3ccc(F)cn3)CC2)n1. The van der Waals surface area contributed by atoms with Crippen LogP contribution in [0.4, 0.5) is 22.0 Å². The molecule has 23 heavy (non-hydrogen) atoms. The molecule has 1 aliphatic heterocycles. The Labute approximate surface area is 135 Å². The van der Waals surface area contributed by atoms with E-state index >= 15 is 0 Å². The van der Waals surface area contributed by atoms with Gasteiger partial charge in [0.1, 0.15) is 17.5 Å². The average Bonchev–Trinajstić information content (AvgIpc) is 2.55. The lowest BCUT2D eigenvalue weighted by Gasteiger charge is -2.36. The molecule has 2 aromatic rings. The standard InChI is InChI=1S/C16H21FN6/c1-3-18-16-20-12(2)10-15(21-16)23-8-6-22(7-9-23)14-5-4-13(17)11-19-14/h4-5,10-11H,3,6-9H2,1-2H3,(H,18,20,21). The molecule has 1 saturated heterocycles. The van der Waals surface area contributed by atoms with Crippen LogP contribution >= 0.6 is 0 Å². The third-order valence-electron chi connectivity index (χ3n) is 3.82. The Kier molecular flexibility index (Phi) is 4.55. The Morgan fingerprint density at radius 3 is 2.39 bits per heavy atom. The molecule has 6 nitrogen and oxygen atoms in total. The van der Waals surface area contributed by atoms with Crippen LogP contribution in [-0.4, -0.2) is 47.7 Å². The smallest absolute Gasteiger partial charge is 0.224 e. The summed E-state index contributed by atoms with van der Waals surface area (Å²) < 4.78 is 13.0. The van der Waals surface area contributed by atoms with Crippen molar-refractivity contribution in [1.29, 1.82) is 0 Å². The fourth-order valence-corrected chi connectivity index (χ4v) is 2.67. The number of hydrogen-bond donors (Lipinski definition) is 1. The van der Waals surface area contributed by atoms with Crippen LogP contribution in [0.5, 0.6) is 0 Å². The van der Waals surface area contributed by atoms with Gasteiger partial charge in [-0.15, -0.1) is 0 Å². The normalized spacial score (nSPS) is 14.9. The summed E-state index contributed by atoms with van der Waals surface area (Å²) in [5, 5.41) is 3.16. The molecular formula is C16H21FN6. The van der Waals surface area contributed by atoms with Crippen molar-refractivity contribution in [2.75, 3.05) is 47.8 Å². The molecule has 7 heteroatoms. The molecule has 0 saturated carbocycles. The molecular weight excluding hydrogens is 295 g/mol. The molecule has 0 aliphatic carbocycles. The van der Waals surface area contributed by atoms with E-state index in [4.69, 9.17) is 0 Å². The van der Waals surface area contributed by atoms with E-state index in [1.165, 1.54) is 12.3 Å². The first kappa shape index (κ1) is 15.5. The van der Waals surface area contributed by atoms with Crippen molar-refractivity contribution in [3.8, 4) is 0 Å². The third kappa shape index (κ3) is 3.67. The number of anilines is 3. The maximum atomic E-state index is 13.0. The number of aryl methyl sites for hydroxylation is 1. The second kappa shape index (κ2) is 6.76. The van der Waals surface area contributed by atoms with Crippen LogP contribution in [0, 0.1) is 12.7 Å². The number of halogens is 1. The zero-order chi connectivity index (χ0) is 16.2. The number of nitrogens with zero attached hydrogens (tertiary/aromatic N) is 5. The predicted molar refractivity (Wildman–Crippen MR) is 89.6 cm³/mol. The second-order valence-corrected chi connectivity index (χ2v) is 5.53. The zero-order valence-electron chi connectivity index (χ0n) is 13.5. The van der Waals surface area contributed by atoms with Crippen LogP contribution in [0.1, 0.15) is 12.6 Å². The molecule has 0 spiro atoms. The Hall–Kier alpha value is -2.44. The molecule has 2 aromatic heterocycles. The molecule has 1 aliphatic rings. The summed E-state index contributed by atoms with van der Waals surface area (Å²) in [5.74, 6) is 2.13. The maximum Gasteiger partial charge on any atom is 0.224 e. The van der Waals surface area contributed by atoms with E-state index in [0.29, 0.717) is 5.95 Å². The summed E-state index contributed by atoms with van der Waals surface area (Å²) >= 11 is 0. The topological polar surface area (TPSA) is 57.2 Å². The molecule has 3 rings (SSSR count). The van der Waals surface area contributed by atoms with Gasteiger partial charge in [-0.1, -0.05) is 0 Å². The van der Waals surface area contributed by atoms with Gasteiger partial charge < -0.3 is 15.1 Å². The Balaban J connectivity index is 1.68. The van der Waals surface area contributed by atoms with E-state index < -0.39 is 0 Å². The molecule has 0 radical (unpaired) electrons. The number of pyridine rings is 1. The summed E-state index contributed by atoms with van der Waals surface area (Å²) in [6.45, 7) is 8.16. The van der Waals surface area contributed by atoms with Crippen molar-refractivity contribution in [3.63, 3.8) is 0 Å². The third-order valence-corrected chi connectivity index (χ3v) is 3.82. The van der Waals surface area contributed by atoms with E-state index in [2.05, 4.69) is 30.1 Å². The minimum absolute atomic E-state index is 0.306. The summed E-state index contributed by atoms with van der Waals surface area (Å²) in [6.07, 6.45) is 1.26. The van der Waals surface area contributed by atoms with Gasteiger partial charge in [0.15, 0.2) is 0 Å². The van der Waals surface area contributed by atoms with Gasteiger partial charge in [0.25, 0.3) is 0 Å². The minimum atomic E-state index is -0.306. The van der Waals surface area contributed by atoms with Gasteiger partial charge >= 0.3 is 0 Å². The van der Waals surface area contributed by atoms with Gasteiger partial charge in [-0.3, -0.25) is 0 Å². The van der Waals surface area contributed by atoms with Gasteiger partial charge in [-0.2, -0.15) is 4.98 Å². The summed E-state index contributed by atoms with van der Waals surface area (Å²) in [5.41, 5.74) is 0.952. The minimum Gasteiger partial charge on any atom is -0.354 e. The van der Waals surface area contributed by atoms with Crippen LogP contribution < -0.4 is 15.1 Å². The summed E-state index contributed by atoms with van der Waals surface area (Å²) in [6, 6.07) is 5.18. The highest BCUT2D eigenvalue weighted by Gasteiger charge is 2.20. The van der Waals surface area contributed by atoms with Crippen LogP contribution in [0.25, 0.3) is 0 Å². The van der Waals surface area contributed by atoms with Gasteiger partial charge in [0.05, 0.1) is 6.20 Å². The predicted octanol–water partition coefficient (Wildman–Crippen LogP) is 2.08. The number of rotatable bonds is 4. The van der Waals surface area contributed by atoms with Crippen LogP contribution in [0.3, 0.4) is 0 Å². The molecule has 0 unspecified atom stereocenters. The van der Waals surface area contributed by atoms with Gasteiger partial charge in [0, 0.05) is 44.5 Å². The van der Waals surface area contributed by atoms with Crippen molar-refractivity contribution in [3.05, 3.63) is 35.9 Å². The highest BCUT2D eigenvalue weighted by molar-refractivity contribution is 5.48. The van der Waals surface area contributed by atoms with Crippen molar-refractivity contribution < 1.29 is 4.39 Å². The number of hydrogen-bond acceptors (Lipinski definition) is 6. The first-order valence-electron chi connectivity index (χ1n) is 7.86. The fraction of sp³-hybridized carbons (Fsp3) is 0.438. The maximum absolute atomic E-state index is 13.0. The van der Waals surface area contributed by atoms with Gasteiger partial charge in [-0.25, -0.2) is 14.4 Å². The Morgan fingerprint density at radius 1 is 1.09 bits per heavy atom. The molecule has 0 atom stereocenters. The highest BCUT2D eigenvalue weighted by Crippen LogP contribution is 2.19. The van der Waals surface area contributed by atoms with Crippen LogP contribution in [-0.2, 0) is 0 Å². The Bertz CT molecular complexity index is 652. The first-order valence-corrected chi connectivity index (χ1v) is 7.86. The average molecular weight is 316 g/mol. The van der Waals surface area contributed by atoms with Crippen molar-refractivity contribution in [2.45, 2.75) is 13.8 Å².